The second kappa shape index (κ2) is 7.79. The number of esters is 1. The van der Waals surface area contributed by atoms with Crippen LogP contribution in [0.1, 0.15) is 54.4 Å². The van der Waals surface area contributed by atoms with E-state index in [4.69, 9.17) is 4.74 Å². The molecule has 0 heterocycles. The average Bonchev–Trinajstić information content (AvgIpc) is 2.73. The molecule has 0 spiro atoms. The van der Waals surface area contributed by atoms with Crippen molar-refractivity contribution in [1.29, 1.82) is 0 Å². The van der Waals surface area contributed by atoms with Crippen molar-refractivity contribution in [3.05, 3.63) is 33.8 Å². The molecule has 1 aromatic rings. The fraction of sp³-hybridized carbons (Fsp3) is 0.562. The summed E-state index contributed by atoms with van der Waals surface area (Å²) in [6.45, 7) is 0.840. The fourth-order valence-corrected chi connectivity index (χ4v) is 3.19. The molecule has 1 aromatic carbocycles. The highest BCUT2D eigenvalue weighted by Crippen LogP contribution is 2.21. The van der Waals surface area contributed by atoms with Gasteiger partial charge in [0.05, 0.1) is 12.7 Å². The zero-order valence-corrected chi connectivity index (χ0v) is 13.5. The van der Waals surface area contributed by atoms with E-state index in [1.165, 1.54) is 51.2 Å². The molecule has 1 aliphatic rings. The van der Waals surface area contributed by atoms with E-state index < -0.39 is 0 Å². The molecule has 0 unspecified atom stereocenters. The quantitative estimate of drug-likeness (QED) is 0.664. The van der Waals surface area contributed by atoms with Crippen molar-refractivity contribution in [2.45, 2.75) is 51.1 Å². The molecule has 0 aliphatic heterocycles. The summed E-state index contributed by atoms with van der Waals surface area (Å²) in [5, 5.41) is 3.64. The molecule has 0 radical (unpaired) electrons. The Morgan fingerprint density at radius 2 is 2.00 bits per heavy atom. The number of carbonyl (C=O) groups is 1. The molecule has 1 N–H and O–H groups in total. The second-order valence-corrected chi connectivity index (χ2v) is 6.22. The van der Waals surface area contributed by atoms with Gasteiger partial charge in [-0.1, -0.05) is 47.7 Å². The molecule has 3 nitrogen and oxygen atoms in total. The Kier molecular flexibility index (Phi) is 6.05. The maximum Gasteiger partial charge on any atom is 0.337 e. The van der Waals surface area contributed by atoms with Crippen molar-refractivity contribution in [1.82, 2.24) is 5.32 Å². The van der Waals surface area contributed by atoms with Gasteiger partial charge in [0.2, 0.25) is 0 Å². The lowest BCUT2D eigenvalue weighted by Gasteiger charge is -2.17. The molecule has 1 fully saturated rings. The number of halogens is 1. The number of hydrogen-bond acceptors (Lipinski definition) is 3. The molecule has 20 heavy (non-hydrogen) atoms. The molecule has 0 saturated heterocycles. The molecule has 0 aromatic heterocycles. The monoisotopic (exact) mass is 339 g/mol. The fourth-order valence-electron chi connectivity index (χ4n) is 2.67. The van der Waals surface area contributed by atoms with Crippen LogP contribution in [0, 0.1) is 0 Å². The third kappa shape index (κ3) is 4.32. The van der Waals surface area contributed by atoms with E-state index in [-0.39, 0.29) is 5.97 Å². The Balaban J connectivity index is 1.93. The highest BCUT2D eigenvalue weighted by atomic mass is 79.9. The predicted molar refractivity (Wildman–Crippen MR) is 83.8 cm³/mol. The molecule has 1 saturated carbocycles. The van der Waals surface area contributed by atoms with Crippen LogP contribution in [-0.4, -0.2) is 19.1 Å². The summed E-state index contributed by atoms with van der Waals surface area (Å²) in [6, 6.07) is 6.26. The van der Waals surface area contributed by atoms with Crippen LogP contribution in [0.5, 0.6) is 0 Å². The lowest BCUT2D eigenvalue weighted by molar-refractivity contribution is 0.0600. The highest BCUT2D eigenvalue weighted by molar-refractivity contribution is 9.10. The standard InChI is InChI=1S/C16H22BrNO2/c1-20-16(19)12-8-9-13(15(17)10-12)11-18-14-6-4-2-3-5-7-14/h8-10,14,18H,2-7,11H2,1H3. The maximum absolute atomic E-state index is 11.5. The zero-order chi connectivity index (χ0) is 14.4. The molecule has 110 valence electrons. The van der Waals surface area contributed by atoms with Gasteiger partial charge in [-0.3, -0.25) is 0 Å². The van der Waals surface area contributed by atoms with Crippen molar-refractivity contribution in [2.24, 2.45) is 0 Å². The summed E-state index contributed by atoms with van der Waals surface area (Å²) in [5.74, 6) is -0.297. The largest absolute Gasteiger partial charge is 0.465 e. The molecule has 0 amide bonds. The minimum Gasteiger partial charge on any atom is -0.465 e. The third-order valence-corrected chi connectivity index (χ3v) is 4.65. The van der Waals surface area contributed by atoms with Crippen LogP contribution in [0.25, 0.3) is 0 Å². The first-order valence-corrected chi connectivity index (χ1v) is 8.10. The number of benzene rings is 1. The van der Waals surface area contributed by atoms with E-state index in [0.717, 1.165) is 11.0 Å². The Hall–Kier alpha value is -0.870. The minimum absolute atomic E-state index is 0.297. The number of carbonyl (C=O) groups excluding carboxylic acids is 1. The van der Waals surface area contributed by atoms with Gasteiger partial charge in [0.1, 0.15) is 0 Å². The topological polar surface area (TPSA) is 38.3 Å². The smallest absolute Gasteiger partial charge is 0.337 e. The van der Waals surface area contributed by atoms with Crippen molar-refractivity contribution in [3.8, 4) is 0 Å². The van der Waals surface area contributed by atoms with Crippen LogP contribution in [-0.2, 0) is 11.3 Å². The van der Waals surface area contributed by atoms with Gasteiger partial charge in [-0.05, 0) is 30.5 Å². The molecule has 2 rings (SSSR count). The number of hydrogen-bond donors (Lipinski definition) is 1. The van der Waals surface area contributed by atoms with Crippen molar-refractivity contribution >= 4 is 21.9 Å². The van der Waals surface area contributed by atoms with Crippen LogP contribution in [0.3, 0.4) is 0 Å². The molecule has 1 aliphatic carbocycles. The van der Waals surface area contributed by atoms with Gasteiger partial charge in [0, 0.05) is 17.1 Å². The highest BCUT2D eigenvalue weighted by Gasteiger charge is 2.13. The third-order valence-electron chi connectivity index (χ3n) is 3.91. The maximum atomic E-state index is 11.5. The normalized spacial score (nSPS) is 16.7. The van der Waals surface area contributed by atoms with Gasteiger partial charge in [-0.25, -0.2) is 4.79 Å². The summed E-state index contributed by atoms with van der Waals surface area (Å²) < 4.78 is 5.68. The Morgan fingerprint density at radius 1 is 1.30 bits per heavy atom. The predicted octanol–water partition coefficient (Wildman–Crippen LogP) is 4.05. The van der Waals surface area contributed by atoms with E-state index in [9.17, 15) is 4.79 Å². The first kappa shape index (κ1) is 15.5. The Labute approximate surface area is 129 Å². The average molecular weight is 340 g/mol. The molecule has 0 atom stereocenters. The van der Waals surface area contributed by atoms with Gasteiger partial charge in [0.25, 0.3) is 0 Å². The summed E-state index contributed by atoms with van der Waals surface area (Å²) >= 11 is 3.54. The molecule has 0 bridgehead atoms. The van der Waals surface area contributed by atoms with Crippen LogP contribution < -0.4 is 5.32 Å². The number of rotatable bonds is 4. The van der Waals surface area contributed by atoms with Crippen molar-refractivity contribution in [3.63, 3.8) is 0 Å². The minimum atomic E-state index is -0.297. The van der Waals surface area contributed by atoms with Crippen LogP contribution in [0.2, 0.25) is 0 Å². The lowest BCUT2D eigenvalue weighted by Crippen LogP contribution is -2.28. The summed E-state index contributed by atoms with van der Waals surface area (Å²) in [4.78, 5) is 11.5. The first-order valence-electron chi connectivity index (χ1n) is 7.31. The van der Waals surface area contributed by atoms with Gasteiger partial charge in [-0.15, -0.1) is 0 Å². The van der Waals surface area contributed by atoms with Crippen LogP contribution in [0.4, 0.5) is 0 Å². The summed E-state index contributed by atoms with van der Waals surface area (Å²) in [6.07, 6.45) is 7.96. The van der Waals surface area contributed by atoms with Crippen molar-refractivity contribution < 1.29 is 9.53 Å². The van der Waals surface area contributed by atoms with Crippen LogP contribution >= 0.6 is 15.9 Å². The van der Waals surface area contributed by atoms with E-state index in [0.29, 0.717) is 11.6 Å². The van der Waals surface area contributed by atoms with Gasteiger partial charge >= 0.3 is 5.97 Å². The van der Waals surface area contributed by atoms with Gasteiger partial charge in [0.15, 0.2) is 0 Å². The Bertz CT molecular complexity index is 454. The summed E-state index contributed by atoms with van der Waals surface area (Å²) in [7, 11) is 1.40. The van der Waals surface area contributed by atoms with Crippen LogP contribution in [0.15, 0.2) is 22.7 Å². The Morgan fingerprint density at radius 3 is 2.60 bits per heavy atom. The number of nitrogens with one attached hydrogen (secondary N) is 1. The van der Waals surface area contributed by atoms with Gasteiger partial charge in [-0.2, -0.15) is 0 Å². The molecule has 4 heteroatoms. The second-order valence-electron chi connectivity index (χ2n) is 5.37. The van der Waals surface area contributed by atoms with Gasteiger partial charge < -0.3 is 10.1 Å². The molecular weight excluding hydrogens is 318 g/mol. The van der Waals surface area contributed by atoms with Crippen molar-refractivity contribution in [2.75, 3.05) is 7.11 Å². The van der Waals surface area contributed by atoms with E-state index in [1.807, 2.05) is 18.2 Å². The number of methoxy groups -OCH3 is 1. The SMILES string of the molecule is COC(=O)c1ccc(CNC2CCCCCC2)c(Br)c1. The zero-order valence-electron chi connectivity index (χ0n) is 12.0. The van der Waals surface area contributed by atoms with E-state index in [1.54, 1.807) is 0 Å². The van der Waals surface area contributed by atoms with E-state index in [2.05, 4.69) is 21.2 Å². The summed E-state index contributed by atoms with van der Waals surface area (Å²) in [5.41, 5.74) is 1.76. The number of ether oxygens (including phenoxy) is 1. The van der Waals surface area contributed by atoms with E-state index >= 15 is 0 Å². The molecular formula is C16H22BrNO2. The lowest BCUT2D eigenvalue weighted by atomic mass is 10.1. The first-order chi connectivity index (χ1) is 9.70.